The van der Waals surface area contributed by atoms with Crippen LogP contribution in [-0.4, -0.2) is 74.9 Å². The maximum atomic E-state index is 6.04. The molecule has 0 radical (unpaired) electrons. The monoisotopic (exact) mass is 241 g/mol. The van der Waals surface area contributed by atoms with Crippen LogP contribution >= 0.6 is 0 Å². The van der Waals surface area contributed by atoms with Crippen molar-refractivity contribution in [1.82, 2.24) is 15.1 Å². The quantitative estimate of drug-likeness (QED) is 0.754. The zero-order valence-electron chi connectivity index (χ0n) is 11.3. The number of rotatable bonds is 5. The molecule has 2 fully saturated rings. The fourth-order valence-electron chi connectivity index (χ4n) is 2.87. The first-order chi connectivity index (χ1) is 8.31. The van der Waals surface area contributed by atoms with E-state index in [0.29, 0.717) is 12.2 Å². The van der Waals surface area contributed by atoms with E-state index in [4.69, 9.17) is 4.74 Å². The van der Waals surface area contributed by atoms with Crippen molar-refractivity contribution in [3.05, 3.63) is 0 Å². The third-order valence-corrected chi connectivity index (χ3v) is 4.00. The van der Waals surface area contributed by atoms with Gasteiger partial charge in [0.2, 0.25) is 0 Å². The summed E-state index contributed by atoms with van der Waals surface area (Å²) in [5.41, 5.74) is 0. The van der Waals surface area contributed by atoms with E-state index < -0.39 is 0 Å². The van der Waals surface area contributed by atoms with Crippen LogP contribution in [-0.2, 0) is 4.74 Å². The molecule has 4 heteroatoms. The lowest BCUT2D eigenvalue weighted by Crippen LogP contribution is -2.48. The Kier molecular flexibility index (Phi) is 5.22. The Balaban J connectivity index is 1.65. The predicted octanol–water partition coefficient (Wildman–Crippen LogP) is 0.391. The Labute approximate surface area is 105 Å². The number of ether oxygens (including phenoxy) is 1. The van der Waals surface area contributed by atoms with Crippen LogP contribution in [0.2, 0.25) is 0 Å². The zero-order valence-corrected chi connectivity index (χ0v) is 11.3. The number of likely N-dealkylation sites (N-methyl/N-ethyl adjacent to an activating group) is 2. The van der Waals surface area contributed by atoms with E-state index >= 15 is 0 Å². The maximum Gasteiger partial charge on any atom is 0.0707 e. The second-order valence-corrected chi connectivity index (χ2v) is 5.25. The van der Waals surface area contributed by atoms with Crippen LogP contribution in [0.3, 0.4) is 0 Å². The highest BCUT2D eigenvalue weighted by molar-refractivity contribution is 4.80. The molecule has 0 amide bonds. The molecule has 0 aromatic carbocycles. The van der Waals surface area contributed by atoms with E-state index in [1.807, 2.05) is 7.05 Å². The van der Waals surface area contributed by atoms with Gasteiger partial charge >= 0.3 is 0 Å². The van der Waals surface area contributed by atoms with Crippen LogP contribution in [0.4, 0.5) is 0 Å². The van der Waals surface area contributed by atoms with Gasteiger partial charge in [-0.1, -0.05) is 6.92 Å². The average Bonchev–Trinajstić information content (AvgIpc) is 2.78. The van der Waals surface area contributed by atoms with Crippen molar-refractivity contribution < 1.29 is 4.74 Å². The number of hydrogen-bond donors (Lipinski definition) is 1. The van der Waals surface area contributed by atoms with E-state index in [9.17, 15) is 0 Å². The molecule has 2 aliphatic rings. The number of nitrogens with zero attached hydrogens (tertiary/aromatic N) is 2. The van der Waals surface area contributed by atoms with Crippen LogP contribution in [0.15, 0.2) is 0 Å². The third kappa shape index (κ3) is 3.91. The van der Waals surface area contributed by atoms with E-state index in [0.717, 1.165) is 13.1 Å². The Morgan fingerprint density at radius 2 is 1.71 bits per heavy atom. The van der Waals surface area contributed by atoms with Crippen LogP contribution in [0.5, 0.6) is 0 Å². The highest BCUT2D eigenvalue weighted by Gasteiger charge is 2.27. The molecule has 2 atom stereocenters. The molecule has 0 aliphatic carbocycles. The number of hydrogen-bond acceptors (Lipinski definition) is 4. The normalized spacial score (nSPS) is 32.1. The first-order valence-electron chi connectivity index (χ1n) is 7.06. The highest BCUT2D eigenvalue weighted by Crippen LogP contribution is 2.20. The van der Waals surface area contributed by atoms with E-state index in [1.54, 1.807) is 0 Å². The molecule has 0 bridgehead atoms. The van der Waals surface area contributed by atoms with Gasteiger partial charge in [0.05, 0.1) is 12.2 Å². The standard InChI is InChI=1S/C13H27N3O/c1-3-15-6-8-16(9-7-15)11-13-5-4-12(17-13)10-14-2/h12-14H,3-11H2,1-2H3. The summed E-state index contributed by atoms with van der Waals surface area (Å²) in [6.07, 6.45) is 3.38. The molecule has 2 rings (SSSR count). The second-order valence-electron chi connectivity index (χ2n) is 5.25. The van der Waals surface area contributed by atoms with Crippen molar-refractivity contribution in [2.75, 3.05) is 52.9 Å². The summed E-state index contributed by atoms with van der Waals surface area (Å²) in [6, 6.07) is 0. The van der Waals surface area contributed by atoms with Crippen molar-refractivity contribution >= 4 is 0 Å². The van der Waals surface area contributed by atoms with E-state index in [1.165, 1.54) is 45.6 Å². The predicted molar refractivity (Wildman–Crippen MR) is 70.4 cm³/mol. The molecule has 2 aliphatic heterocycles. The molecule has 2 heterocycles. The smallest absolute Gasteiger partial charge is 0.0707 e. The first kappa shape index (κ1) is 13.3. The van der Waals surface area contributed by atoms with E-state index in [-0.39, 0.29) is 0 Å². The molecule has 4 nitrogen and oxygen atoms in total. The molecule has 1 N–H and O–H groups in total. The van der Waals surface area contributed by atoms with Gasteiger partial charge in [-0.15, -0.1) is 0 Å². The molecule has 0 aromatic rings. The summed E-state index contributed by atoms with van der Waals surface area (Å²) in [6.45, 7) is 10.5. The Morgan fingerprint density at radius 1 is 1.06 bits per heavy atom. The lowest BCUT2D eigenvalue weighted by Gasteiger charge is -2.35. The van der Waals surface area contributed by atoms with Crippen molar-refractivity contribution in [3.63, 3.8) is 0 Å². The van der Waals surface area contributed by atoms with Crippen molar-refractivity contribution in [2.45, 2.75) is 32.0 Å². The van der Waals surface area contributed by atoms with Crippen molar-refractivity contribution in [3.8, 4) is 0 Å². The zero-order chi connectivity index (χ0) is 12.1. The molecule has 0 aromatic heterocycles. The van der Waals surface area contributed by atoms with Crippen LogP contribution in [0, 0.1) is 0 Å². The Hall–Kier alpha value is -0.160. The molecule has 0 saturated carbocycles. The summed E-state index contributed by atoms with van der Waals surface area (Å²) in [5, 5.41) is 3.20. The average molecular weight is 241 g/mol. The Bertz CT molecular complexity index is 217. The molecular formula is C13H27N3O. The van der Waals surface area contributed by atoms with Gasteiger partial charge in [0.1, 0.15) is 0 Å². The minimum atomic E-state index is 0.446. The van der Waals surface area contributed by atoms with Crippen LogP contribution in [0.25, 0.3) is 0 Å². The molecule has 0 spiro atoms. The van der Waals surface area contributed by atoms with Gasteiger partial charge in [-0.2, -0.15) is 0 Å². The SMILES string of the molecule is CCN1CCN(CC2CCC(CNC)O2)CC1. The summed E-state index contributed by atoms with van der Waals surface area (Å²) in [4.78, 5) is 5.09. The molecule has 2 unspecified atom stereocenters. The van der Waals surface area contributed by atoms with Crippen molar-refractivity contribution in [2.24, 2.45) is 0 Å². The first-order valence-corrected chi connectivity index (χ1v) is 7.06. The van der Waals surface area contributed by atoms with Crippen molar-refractivity contribution in [1.29, 1.82) is 0 Å². The van der Waals surface area contributed by atoms with Gasteiger partial charge in [-0.3, -0.25) is 4.90 Å². The maximum absolute atomic E-state index is 6.04. The summed E-state index contributed by atoms with van der Waals surface area (Å²) >= 11 is 0. The third-order valence-electron chi connectivity index (χ3n) is 4.00. The minimum absolute atomic E-state index is 0.446. The summed E-state index contributed by atoms with van der Waals surface area (Å²) in [5.74, 6) is 0. The van der Waals surface area contributed by atoms with Gasteiger partial charge in [-0.05, 0) is 26.4 Å². The van der Waals surface area contributed by atoms with E-state index in [2.05, 4.69) is 22.0 Å². The molecule has 17 heavy (non-hydrogen) atoms. The lowest BCUT2D eigenvalue weighted by molar-refractivity contribution is 0.0138. The Morgan fingerprint density at radius 3 is 2.35 bits per heavy atom. The fraction of sp³-hybridized carbons (Fsp3) is 1.00. The number of piperazine rings is 1. The second kappa shape index (κ2) is 6.69. The summed E-state index contributed by atoms with van der Waals surface area (Å²) < 4.78 is 6.04. The lowest BCUT2D eigenvalue weighted by atomic mass is 10.2. The molecule has 2 saturated heterocycles. The van der Waals surface area contributed by atoms with Gasteiger partial charge in [-0.25, -0.2) is 0 Å². The van der Waals surface area contributed by atoms with Gasteiger partial charge in [0.15, 0.2) is 0 Å². The highest BCUT2D eigenvalue weighted by atomic mass is 16.5. The van der Waals surface area contributed by atoms with Gasteiger partial charge in [0, 0.05) is 39.3 Å². The minimum Gasteiger partial charge on any atom is -0.372 e. The largest absolute Gasteiger partial charge is 0.372 e. The number of nitrogens with one attached hydrogen (secondary N) is 1. The fourth-order valence-corrected chi connectivity index (χ4v) is 2.87. The van der Waals surface area contributed by atoms with Gasteiger partial charge < -0.3 is 15.0 Å². The summed E-state index contributed by atoms with van der Waals surface area (Å²) in [7, 11) is 2.00. The van der Waals surface area contributed by atoms with Gasteiger partial charge in [0.25, 0.3) is 0 Å². The molecule has 100 valence electrons. The molecular weight excluding hydrogens is 214 g/mol. The topological polar surface area (TPSA) is 27.7 Å². The van der Waals surface area contributed by atoms with Crippen LogP contribution < -0.4 is 5.32 Å². The van der Waals surface area contributed by atoms with Crippen LogP contribution in [0.1, 0.15) is 19.8 Å².